The van der Waals surface area contributed by atoms with Crippen LogP contribution in [0.15, 0.2) is 18.2 Å². The molecule has 3 fully saturated rings. The fourth-order valence-electron chi connectivity index (χ4n) is 6.77. The van der Waals surface area contributed by atoms with E-state index in [1.807, 2.05) is 4.90 Å². The van der Waals surface area contributed by atoms with Crippen LogP contribution in [-0.4, -0.2) is 73.0 Å². The van der Waals surface area contributed by atoms with Crippen molar-refractivity contribution >= 4 is 42.3 Å². The molecule has 1 aliphatic carbocycles. The van der Waals surface area contributed by atoms with E-state index in [9.17, 15) is 9.59 Å². The quantitative estimate of drug-likeness (QED) is 0.512. The summed E-state index contributed by atoms with van der Waals surface area (Å²) in [6, 6.07) is 6.17. The van der Waals surface area contributed by atoms with Gasteiger partial charge in [-0.15, -0.1) is 24.8 Å². The van der Waals surface area contributed by atoms with Crippen LogP contribution in [0.4, 0.5) is 5.69 Å². The summed E-state index contributed by atoms with van der Waals surface area (Å²) in [5.74, 6) is 1.78. The Bertz CT molecular complexity index is 948. The van der Waals surface area contributed by atoms with Crippen LogP contribution >= 0.6 is 24.8 Å². The lowest BCUT2D eigenvalue weighted by atomic mass is 9.79. The smallest absolute Gasteiger partial charge is 0.246 e. The number of halogens is 2. The van der Waals surface area contributed by atoms with E-state index in [1.165, 1.54) is 37.7 Å². The van der Waals surface area contributed by atoms with Gasteiger partial charge in [0.2, 0.25) is 11.8 Å². The molecule has 0 radical (unpaired) electrons. The van der Waals surface area contributed by atoms with Crippen molar-refractivity contribution in [2.45, 2.75) is 89.3 Å². The first-order valence-corrected chi connectivity index (χ1v) is 14.3. The molecule has 4 aliphatic rings. The van der Waals surface area contributed by atoms with Crippen LogP contribution in [0, 0.1) is 5.92 Å². The monoisotopic (exact) mass is 568 g/mol. The number of nitrogens with one attached hydrogen (secondary N) is 1. The van der Waals surface area contributed by atoms with Gasteiger partial charge >= 0.3 is 0 Å². The summed E-state index contributed by atoms with van der Waals surface area (Å²) in [5.41, 5.74) is 1.70. The van der Waals surface area contributed by atoms with Crippen LogP contribution in [0.3, 0.4) is 0 Å². The number of carbonyl (C=O) groups excluding carboxylic acids is 2. The summed E-state index contributed by atoms with van der Waals surface area (Å²) in [7, 11) is 2.10. The topological polar surface area (TPSA) is 65.1 Å². The van der Waals surface area contributed by atoms with Gasteiger partial charge in [-0.2, -0.15) is 0 Å². The molecule has 38 heavy (non-hydrogen) atoms. The van der Waals surface area contributed by atoms with Crippen LogP contribution in [0.25, 0.3) is 0 Å². The fraction of sp³-hybridized carbons (Fsp3) is 0.724. The molecule has 1 unspecified atom stereocenters. The standard InChI is InChI=1S/C29H44N4O3.2ClH/c1-3-4-14-33-27(34)24(19-22-8-6-5-7-9-22)30-28(35)29(33)12-15-32(16-13-29)21-23-10-11-25-26(20-23)36-18-17-31(25)2;;/h10-11,20,22,24H,3-9,12-19,21H2,1-2H3,(H,30,35);2*1H. The number of anilines is 1. The lowest BCUT2D eigenvalue weighted by molar-refractivity contribution is -0.162. The zero-order valence-electron chi connectivity index (χ0n) is 23.1. The fourth-order valence-corrected chi connectivity index (χ4v) is 6.77. The minimum Gasteiger partial charge on any atom is -0.490 e. The minimum atomic E-state index is -0.687. The average molecular weight is 570 g/mol. The van der Waals surface area contributed by atoms with Gasteiger partial charge in [-0.3, -0.25) is 14.5 Å². The highest BCUT2D eigenvalue weighted by atomic mass is 35.5. The first-order valence-electron chi connectivity index (χ1n) is 14.3. The van der Waals surface area contributed by atoms with Gasteiger partial charge in [0.1, 0.15) is 23.9 Å². The van der Waals surface area contributed by atoms with Crippen molar-refractivity contribution in [2.24, 2.45) is 5.92 Å². The molecule has 1 N–H and O–H groups in total. The molecule has 1 aromatic rings. The van der Waals surface area contributed by atoms with Crippen molar-refractivity contribution in [3.63, 3.8) is 0 Å². The number of rotatable bonds is 7. The zero-order valence-corrected chi connectivity index (χ0v) is 24.7. The van der Waals surface area contributed by atoms with E-state index < -0.39 is 5.54 Å². The van der Waals surface area contributed by atoms with Gasteiger partial charge in [0.25, 0.3) is 0 Å². The summed E-state index contributed by atoms with van der Waals surface area (Å²) >= 11 is 0. The zero-order chi connectivity index (χ0) is 25.1. The molecule has 0 bridgehead atoms. The number of benzene rings is 1. The minimum absolute atomic E-state index is 0. The van der Waals surface area contributed by atoms with E-state index in [2.05, 4.69) is 47.3 Å². The first kappa shape index (κ1) is 30.8. The molecule has 1 saturated carbocycles. The third-order valence-corrected chi connectivity index (χ3v) is 9.05. The SMILES string of the molecule is CCCCN1C(=O)C(CC2CCCCC2)NC(=O)C12CCN(Cc1ccc3c(c1)OCCN3C)CC2.Cl.Cl. The second kappa shape index (κ2) is 13.6. The van der Waals surface area contributed by atoms with E-state index in [-0.39, 0.29) is 42.7 Å². The molecule has 7 nitrogen and oxygen atoms in total. The maximum absolute atomic E-state index is 13.7. The van der Waals surface area contributed by atoms with Gasteiger partial charge in [-0.25, -0.2) is 0 Å². The molecule has 5 rings (SSSR count). The summed E-state index contributed by atoms with van der Waals surface area (Å²) in [4.78, 5) is 34.1. The molecule has 214 valence electrons. The van der Waals surface area contributed by atoms with Gasteiger partial charge in [-0.05, 0) is 49.3 Å². The van der Waals surface area contributed by atoms with Crippen molar-refractivity contribution < 1.29 is 14.3 Å². The Morgan fingerprint density at radius 1 is 1.05 bits per heavy atom. The molecule has 1 atom stereocenters. The number of ether oxygens (including phenoxy) is 1. The molecular weight excluding hydrogens is 523 g/mol. The molecule has 3 heterocycles. The van der Waals surface area contributed by atoms with Crippen molar-refractivity contribution in [3.05, 3.63) is 23.8 Å². The average Bonchev–Trinajstić information content (AvgIpc) is 2.89. The Morgan fingerprint density at radius 3 is 2.50 bits per heavy atom. The summed E-state index contributed by atoms with van der Waals surface area (Å²) in [6.45, 7) is 6.95. The highest BCUT2D eigenvalue weighted by Crippen LogP contribution is 2.37. The third kappa shape index (κ3) is 6.37. The summed E-state index contributed by atoms with van der Waals surface area (Å²) in [6.07, 6.45) is 10.4. The Morgan fingerprint density at radius 2 is 1.79 bits per heavy atom. The molecular formula is C29H46Cl2N4O3. The number of hydrogen-bond acceptors (Lipinski definition) is 5. The van der Waals surface area contributed by atoms with Crippen LogP contribution in [0.5, 0.6) is 5.75 Å². The van der Waals surface area contributed by atoms with Gasteiger partial charge in [-0.1, -0.05) is 51.5 Å². The number of piperidine rings is 1. The van der Waals surface area contributed by atoms with Crippen LogP contribution in [0.1, 0.15) is 76.7 Å². The molecule has 0 aromatic heterocycles. The number of fused-ring (bicyclic) bond motifs is 1. The van der Waals surface area contributed by atoms with Gasteiger partial charge in [0, 0.05) is 33.2 Å². The highest BCUT2D eigenvalue weighted by molar-refractivity contribution is 6.00. The van der Waals surface area contributed by atoms with Crippen molar-refractivity contribution in [1.82, 2.24) is 15.1 Å². The van der Waals surface area contributed by atoms with Crippen LogP contribution in [0.2, 0.25) is 0 Å². The maximum atomic E-state index is 13.7. The lowest BCUT2D eigenvalue weighted by Crippen LogP contribution is -2.73. The van der Waals surface area contributed by atoms with Gasteiger partial charge in [0.15, 0.2) is 0 Å². The van der Waals surface area contributed by atoms with Gasteiger partial charge in [0.05, 0.1) is 12.2 Å². The number of likely N-dealkylation sites (tertiary alicyclic amines) is 1. The third-order valence-electron chi connectivity index (χ3n) is 9.05. The van der Waals surface area contributed by atoms with Crippen molar-refractivity contribution in [3.8, 4) is 5.75 Å². The Hall–Kier alpha value is -1.70. The van der Waals surface area contributed by atoms with Crippen molar-refractivity contribution in [1.29, 1.82) is 0 Å². The Balaban J connectivity index is 0.00000200. The Labute approximate surface area is 240 Å². The number of amides is 2. The molecule has 1 aromatic carbocycles. The van der Waals surface area contributed by atoms with Crippen LogP contribution in [-0.2, 0) is 16.1 Å². The summed E-state index contributed by atoms with van der Waals surface area (Å²) < 4.78 is 5.90. The molecule has 9 heteroatoms. The summed E-state index contributed by atoms with van der Waals surface area (Å²) in [5, 5.41) is 3.21. The van der Waals surface area contributed by atoms with E-state index in [0.717, 1.165) is 63.5 Å². The highest BCUT2D eigenvalue weighted by Gasteiger charge is 2.53. The normalized spacial score (nSPS) is 23.7. The predicted octanol–water partition coefficient (Wildman–Crippen LogP) is 4.79. The number of piperazine rings is 1. The predicted molar refractivity (Wildman–Crippen MR) is 157 cm³/mol. The number of nitrogens with zero attached hydrogens (tertiary/aromatic N) is 3. The second-order valence-corrected chi connectivity index (χ2v) is 11.5. The van der Waals surface area contributed by atoms with E-state index in [4.69, 9.17) is 4.74 Å². The van der Waals surface area contributed by atoms with Gasteiger partial charge < -0.3 is 19.9 Å². The van der Waals surface area contributed by atoms with E-state index >= 15 is 0 Å². The molecule has 2 saturated heterocycles. The Kier molecular flexibility index (Phi) is 11.0. The van der Waals surface area contributed by atoms with E-state index in [0.29, 0.717) is 25.3 Å². The number of hydrogen-bond donors (Lipinski definition) is 1. The lowest BCUT2D eigenvalue weighted by Gasteiger charge is -2.52. The largest absolute Gasteiger partial charge is 0.490 e. The molecule has 2 amide bonds. The maximum Gasteiger partial charge on any atom is 0.246 e. The molecule has 1 spiro atoms. The first-order chi connectivity index (χ1) is 17.5. The molecule has 3 aliphatic heterocycles. The van der Waals surface area contributed by atoms with Crippen LogP contribution < -0.4 is 15.0 Å². The number of likely N-dealkylation sites (N-methyl/N-ethyl adjacent to an activating group) is 1. The number of carbonyl (C=O) groups is 2. The van der Waals surface area contributed by atoms with E-state index in [1.54, 1.807) is 0 Å². The van der Waals surface area contributed by atoms with Crippen molar-refractivity contribution in [2.75, 3.05) is 44.7 Å². The second-order valence-electron chi connectivity index (χ2n) is 11.5. The number of unbranched alkanes of at least 4 members (excludes halogenated alkanes) is 1.